The van der Waals surface area contributed by atoms with E-state index < -0.39 is 0 Å². The van der Waals surface area contributed by atoms with Crippen molar-refractivity contribution in [3.05, 3.63) is 29.8 Å². The molecule has 5 rings (SSSR count). The zero-order valence-electron chi connectivity index (χ0n) is 21.9. The maximum absolute atomic E-state index is 12.3. The quantitative estimate of drug-likeness (QED) is 0.277. The number of hydrogen-bond donors (Lipinski definition) is 1. The van der Waals surface area contributed by atoms with Crippen molar-refractivity contribution in [3.8, 4) is 6.07 Å². The Labute approximate surface area is 216 Å². The number of hydrogen-bond acceptors (Lipinski definition) is 6. The van der Waals surface area contributed by atoms with E-state index in [0.29, 0.717) is 48.8 Å². The number of anilines is 1. The minimum atomic E-state index is 0.0825. The Morgan fingerprint density at radius 1 is 1.17 bits per heavy atom. The van der Waals surface area contributed by atoms with Gasteiger partial charge < -0.3 is 10.2 Å². The molecule has 2 heterocycles. The van der Waals surface area contributed by atoms with Crippen LogP contribution in [0.3, 0.4) is 0 Å². The van der Waals surface area contributed by atoms with Crippen LogP contribution in [-0.4, -0.2) is 61.3 Å². The maximum atomic E-state index is 12.3. The summed E-state index contributed by atoms with van der Waals surface area (Å²) in [6, 6.07) is 10.8. The highest BCUT2D eigenvalue weighted by Gasteiger charge is 2.64. The third-order valence-corrected chi connectivity index (χ3v) is 9.55. The molecule has 2 aliphatic heterocycles. The fourth-order valence-electron chi connectivity index (χ4n) is 6.97. The zero-order chi connectivity index (χ0) is 25.1. The van der Waals surface area contributed by atoms with E-state index in [1.807, 2.05) is 19.1 Å². The van der Waals surface area contributed by atoms with E-state index in [-0.39, 0.29) is 11.8 Å². The van der Waals surface area contributed by atoms with Gasteiger partial charge in [-0.25, -0.2) is 0 Å². The largest absolute Gasteiger partial charge is 0.369 e. The van der Waals surface area contributed by atoms with Gasteiger partial charge in [0.05, 0.1) is 12.1 Å². The van der Waals surface area contributed by atoms with Gasteiger partial charge in [-0.05, 0) is 80.9 Å². The summed E-state index contributed by atoms with van der Waals surface area (Å²) in [7, 11) is 0. The van der Waals surface area contributed by atoms with Gasteiger partial charge in [0, 0.05) is 62.7 Å². The molecule has 0 radical (unpaired) electrons. The number of nitrogens with zero attached hydrogens (tertiary/aromatic N) is 3. The molecular formula is C30H42N4O2. The Hall–Kier alpha value is -2.23. The van der Waals surface area contributed by atoms with Crippen molar-refractivity contribution in [1.29, 1.82) is 5.26 Å². The molecule has 2 unspecified atom stereocenters. The number of benzene rings is 1. The number of Topliss-reactive ketones (excluding diaryl/α,β-unsaturated/α-hetero) is 2. The number of nitriles is 1. The molecule has 36 heavy (non-hydrogen) atoms. The molecule has 0 bridgehead atoms. The summed E-state index contributed by atoms with van der Waals surface area (Å²) in [5.41, 5.74) is 2.54. The molecule has 3 atom stereocenters. The van der Waals surface area contributed by atoms with Crippen LogP contribution in [0, 0.1) is 28.6 Å². The first-order chi connectivity index (χ1) is 17.5. The summed E-state index contributed by atoms with van der Waals surface area (Å²) in [5.74, 6) is 2.11. The number of rotatable bonds is 11. The average Bonchev–Trinajstić information content (AvgIpc) is 3.84. The molecular weight excluding hydrogens is 448 g/mol. The first-order valence-electron chi connectivity index (χ1n) is 14.3. The molecule has 2 saturated carbocycles. The lowest BCUT2D eigenvalue weighted by Crippen LogP contribution is -2.47. The van der Waals surface area contributed by atoms with Gasteiger partial charge in [0.1, 0.15) is 0 Å². The van der Waals surface area contributed by atoms with Gasteiger partial charge in [-0.15, -0.1) is 0 Å². The van der Waals surface area contributed by atoms with Crippen LogP contribution in [0.4, 0.5) is 5.69 Å². The van der Waals surface area contributed by atoms with E-state index in [9.17, 15) is 9.59 Å². The Bertz CT molecular complexity index is 985. The normalized spacial score (nSPS) is 31.7. The van der Waals surface area contributed by atoms with Crippen molar-refractivity contribution >= 4 is 17.3 Å². The Kier molecular flexibility index (Phi) is 7.79. The molecule has 194 valence electrons. The average molecular weight is 491 g/mol. The van der Waals surface area contributed by atoms with Gasteiger partial charge in [-0.1, -0.05) is 19.1 Å². The van der Waals surface area contributed by atoms with E-state index in [1.54, 1.807) is 0 Å². The third-order valence-electron chi connectivity index (χ3n) is 9.55. The summed E-state index contributed by atoms with van der Waals surface area (Å²) in [6.45, 7) is 7.39. The van der Waals surface area contributed by atoms with E-state index >= 15 is 0 Å². The van der Waals surface area contributed by atoms with Gasteiger partial charge >= 0.3 is 0 Å². The topological polar surface area (TPSA) is 86.4 Å². The maximum Gasteiger partial charge on any atom is 0.162 e. The molecule has 4 fully saturated rings. The van der Waals surface area contributed by atoms with Gasteiger partial charge in [-0.2, -0.15) is 5.26 Å². The first kappa shape index (κ1) is 25.4. The zero-order valence-corrected chi connectivity index (χ0v) is 21.9. The third kappa shape index (κ3) is 5.68. The van der Waals surface area contributed by atoms with Gasteiger partial charge in [0.15, 0.2) is 11.6 Å². The number of carbonyl (C=O) groups excluding carboxylic acids is 2. The lowest BCUT2D eigenvalue weighted by Gasteiger charge is -2.37. The molecule has 0 amide bonds. The fraction of sp³-hybridized carbons (Fsp3) is 0.700. The second-order valence-electron chi connectivity index (χ2n) is 11.7. The van der Waals surface area contributed by atoms with Crippen molar-refractivity contribution in [3.63, 3.8) is 0 Å². The van der Waals surface area contributed by atoms with Crippen molar-refractivity contribution < 1.29 is 9.59 Å². The standard InChI is InChI=1S/C30H42N4O2/c1-2-26(35)23-6-5-7-24(20-23)34-18-16-33(17-19-34)15-11-22-9-12-30(13-10-22)21-25(30)28-29(32-28)27(36)8-3-4-14-31/h5-7,20,22,25,28-29,32H,2-4,8-13,15-19,21H2,1H3/t22?,25-,28?,29?,30?/m1/s1. The van der Waals surface area contributed by atoms with Gasteiger partial charge in [-0.3, -0.25) is 14.5 Å². The van der Waals surface area contributed by atoms with E-state index in [1.165, 1.54) is 50.8 Å². The molecule has 1 spiro atoms. The van der Waals surface area contributed by atoms with Crippen molar-refractivity contribution in [2.75, 3.05) is 37.6 Å². The van der Waals surface area contributed by atoms with E-state index in [4.69, 9.17) is 5.26 Å². The Morgan fingerprint density at radius 3 is 2.67 bits per heavy atom. The first-order valence-corrected chi connectivity index (χ1v) is 14.3. The van der Waals surface area contributed by atoms with Crippen molar-refractivity contribution in [2.24, 2.45) is 17.3 Å². The lowest BCUT2D eigenvalue weighted by atomic mass is 9.76. The molecule has 0 aromatic heterocycles. The highest BCUT2D eigenvalue weighted by molar-refractivity contribution is 5.96. The number of nitrogens with one attached hydrogen (secondary N) is 1. The molecule has 4 aliphatic rings. The molecule has 1 aromatic carbocycles. The van der Waals surface area contributed by atoms with Crippen LogP contribution in [0.1, 0.15) is 81.5 Å². The number of carbonyl (C=O) groups is 2. The fourth-order valence-corrected chi connectivity index (χ4v) is 6.97. The van der Waals surface area contributed by atoms with Crippen molar-refractivity contribution in [1.82, 2.24) is 10.2 Å². The monoisotopic (exact) mass is 490 g/mol. The molecule has 6 heteroatoms. The van der Waals surface area contributed by atoms with Crippen LogP contribution >= 0.6 is 0 Å². The lowest BCUT2D eigenvalue weighted by molar-refractivity contribution is -0.118. The molecule has 2 saturated heterocycles. The Morgan fingerprint density at radius 2 is 1.94 bits per heavy atom. The predicted octanol–water partition coefficient (Wildman–Crippen LogP) is 4.59. The molecule has 1 aromatic rings. The van der Waals surface area contributed by atoms with Gasteiger partial charge in [0.25, 0.3) is 0 Å². The van der Waals surface area contributed by atoms with E-state index in [0.717, 1.165) is 37.7 Å². The SMILES string of the molecule is CCC(=O)c1cccc(N2CCN(CCC3CCC4(CC3)C[C@@H]4C3NC3C(=O)CCCC#N)CC2)c1. The van der Waals surface area contributed by atoms with Crippen LogP contribution in [0.25, 0.3) is 0 Å². The highest BCUT2D eigenvalue weighted by atomic mass is 16.1. The van der Waals surface area contributed by atoms with E-state index in [2.05, 4.69) is 33.3 Å². The summed E-state index contributed by atoms with van der Waals surface area (Å²) in [4.78, 5) is 29.5. The summed E-state index contributed by atoms with van der Waals surface area (Å²) in [5, 5.41) is 12.2. The predicted molar refractivity (Wildman–Crippen MR) is 142 cm³/mol. The number of ketones is 2. The van der Waals surface area contributed by atoms with Crippen LogP contribution < -0.4 is 10.2 Å². The summed E-state index contributed by atoms with van der Waals surface area (Å²) in [6.07, 6.45) is 10.3. The second-order valence-corrected chi connectivity index (χ2v) is 11.7. The minimum Gasteiger partial charge on any atom is -0.369 e. The molecule has 6 nitrogen and oxygen atoms in total. The number of unbranched alkanes of at least 4 members (excludes halogenated alkanes) is 1. The molecule has 2 aliphatic carbocycles. The summed E-state index contributed by atoms with van der Waals surface area (Å²) >= 11 is 0. The van der Waals surface area contributed by atoms with Crippen molar-refractivity contribution in [2.45, 2.75) is 83.2 Å². The van der Waals surface area contributed by atoms with Crippen LogP contribution in [0.15, 0.2) is 24.3 Å². The summed E-state index contributed by atoms with van der Waals surface area (Å²) < 4.78 is 0. The van der Waals surface area contributed by atoms with Crippen LogP contribution in [-0.2, 0) is 4.79 Å². The smallest absolute Gasteiger partial charge is 0.162 e. The van der Waals surface area contributed by atoms with Crippen LogP contribution in [0.5, 0.6) is 0 Å². The highest BCUT2D eigenvalue weighted by Crippen LogP contribution is 2.65. The minimum absolute atomic E-state index is 0.0825. The second kappa shape index (κ2) is 11.0. The number of piperazine rings is 1. The Balaban J connectivity index is 0.992. The van der Waals surface area contributed by atoms with Gasteiger partial charge in [0.2, 0.25) is 0 Å². The molecule has 1 N–H and O–H groups in total. The van der Waals surface area contributed by atoms with Crippen LogP contribution in [0.2, 0.25) is 0 Å².